The van der Waals surface area contributed by atoms with Crippen LogP contribution >= 0.6 is 0 Å². The van der Waals surface area contributed by atoms with Crippen LogP contribution in [0.1, 0.15) is 12.8 Å². The Morgan fingerprint density at radius 2 is 2.19 bits per heavy atom. The highest BCUT2D eigenvalue weighted by Gasteiger charge is 2.11. The van der Waals surface area contributed by atoms with Crippen LogP contribution in [0.2, 0.25) is 0 Å². The smallest absolute Gasteiger partial charge is 0.303 e. The first-order valence-electron chi connectivity index (χ1n) is 4.63. The van der Waals surface area contributed by atoms with Gasteiger partial charge >= 0.3 is 5.97 Å². The van der Waals surface area contributed by atoms with E-state index in [1.54, 1.807) is 12.1 Å². The topological polar surface area (TPSA) is 96.4 Å². The summed E-state index contributed by atoms with van der Waals surface area (Å²) in [4.78, 5) is 14.0. The van der Waals surface area contributed by atoms with E-state index in [-0.39, 0.29) is 24.4 Å². The minimum absolute atomic E-state index is 0.0809. The van der Waals surface area contributed by atoms with Crippen molar-refractivity contribution in [3.8, 4) is 0 Å². The van der Waals surface area contributed by atoms with Crippen LogP contribution in [-0.2, 0) is 14.8 Å². The van der Waals surface area contributed by atoms with Crippen molar-refractivity contribution in [2.45, 2.75) is 12.8 Å². The molecule has 1 heterocycles. The van der Waals surface area contributed by atoms with Gasteiger partial charge in [0.25, 0.3) is 0 Å². The Morgan fingerprint density at radius 1 is 1.44 bits per heavy atom. The zero-order valence-corrected chi connectivity index (χ0v) is 9.27. The SMILES string of the molecule is O=C(O)CCCS(=O)(=O)Nc1ccccn1. The third kappa shape index (κ3) is 4.74. The first-order chi connectivity index (χ1) is 7.49. The summed E-state index contributed by atoms with van der Waals surface area (Å²) in [6.45, 7) is 0. The van der Waals surface area contributed by atoms with Crippen molar-refractivity contribution < 1.29 is 18.3 Å². The zero-order valence-electron chi connectivity index (χ0n) is 8.46. The number of nitrogens with one attached hydrogen (secondary N) is 1. The van der Waals surface area contributed by atoms with Gasteiger partial charge in [-0.15, -0.1) is 0 Å². The molecule has 7 heteroatoms. The van der Waals surface area contributed by atoms with Gasteiger partial charge in [0.2, 0.25) is 10.0 Å². The molecular formula is C9H12N2O4S. The lowest BCUT2D eigenvalue weighted by atomic mass is 10.3. The van der Waals surface area contributed by atoms with Gasteiger partial charge in [-0.3, -0.25) is 9.52 Å². The highest BCUT2D eigenvalue weighted by Crippen LogP contribution is 2.05. The van der Waals surface area contributed by atoms with E-state index in [4.69, 9.17) is 5.11 Å². The Kier molecular flexibility index (Phi) is 4.24. The number of carboxylic acid groups (broad SMARTS) is 1. The first-order valence-corrected chi connectivity index (χ1v) is 6.28. The molecule has 1 aromatic heterocycles. The van der Waals surface area contributed by atoms with E-state index in [9.17, 15) is 13.2 Å². The van der Waals surface area contributed by atoms with Crippen LogP contribution in [0, 0.1) is 0 Å². The molecule has 0 spiro atoms. The Morgan fingerprint density at radius 3 is 2.75 bits per heavy atom. The number of carboxylic acids is 1. The Balaban J connectivity index is 2.49. The van der Waals surface area contributed by atoms with Crippen LogP contribution < -0.4 is 4.72 Å². The molecule has 0 aliphatic rings. The molecule has 0 unspecified atom stereocenters. The van der Waals surface area contributed by atoms with Crippen LogP contribution in [0.3, 0.4) is 0 Å². The second-order valence-corrected chi connectivity index (χ2v) is 4.98. The molecular weight excluding hydrogens is 232 g/mol. The van der Waals surface area contributed by atoms with Gasteiger partial charge in [-0.2, -0.15) is 0 Å². The maximum atomic E-state index is 11.4. The van der Waals surface area contributed by atoms with Crippen molar-refractivity contribution in [1.82, 2.24) is 4.98 Å². The highest BCUT2D eigenvalue weighted by atomic mass is 32.2. The normalized spacial score (nSPS) is 11.0. The fraction of sp³-hybridized carbons (Fsp3) is 0.333. The molecule has 0 radical (unpaired) electrons. The standard InChI is InChI=1S/C9H12N2O4S/c12-9(13)5-3-7-16(14,15)11-8-4-1-2-6-10-8/h1-2,4,6H,3,5,7H2,(H,10,11)(H,12,13). The lowest BCUT2D eigenvalue weighted by molar-refractivity contribution is -0.137. The average molecular weight is 244 g/mol. The summed E-state index contributed by atoms with van der Waals surface area (Å²) >= 11 is 0. The zero-order chi connectivity index (χ0) is 12.0. The van der Waals surface area contributed by atoms with E-state index < -0.39 is 16.0 Å². The molecule has 2 N–H and O–H groups in total. The lowest BCUT2D eigenvalue weighted by Crippen LogP contribution is -2.18. The van der Waals surface area contributed by atoms with Crippen molar-refractivity contribution in [3.05, 3.63) is 24.4 Å². The number of sulfonamides is 1. The van der Waals surface area contributed by atoms with Gasteiger partial charge in [-0.05, 0) is 18.6 Å². The van der Waals surface area contributed by atoms with Gasteiger partial charge < -0.3 is 5.11 Å². The molecule has 0 aliphatic heterocycles. The van der Waals surface area contributed by atoms with Crippen LogP contribution in [0.15, 0.2) is 24.4 Å². The highest BCUT2D eigenvalue weighted by molar-refractivity contribution is 7.92. The van der Waals surface area contributed by atoms with Gasteiger partial charge in [-0.1, -0.05) is 6.07 Å². The van der Waals surface area contributed by atoms with Crippen molar-refractivity contribution in [2.75, 3.05) is 10.5 Å². The maximum Gasteiger partial charge on any atom is 0.303 e. The maximum absolute atomic E-state index is 11.4. The van der Waals surface area contributed by atoms with Crippen LogP contribution in [0.25, 0.3) is 0 Å². The monoisotopic (exact) mass is 244 g/mol. The molecule has 1 rings (SSSR count). The quantitative estimate of drug-likeness (QED) is 0.767. The molecule has 0 amide bonds. The van der Waals surface area contributed by atoms with E-state index >= 15 is 0 Å². The molecule has 0 bridgehead atoms. The number of pyridine rings is 1. The van der Waals surface area contributed by atoms with Crippen LogP contribution in [0.5, 0.6) is 0 Å². The molecule has 0 aliphatic carbocycles. The predicted molar refractivity (Wildman–Crippen MR) is 58.5 cm³/mol. The van der Waals surface area contributed by atoms with E-state index in [0.29, 0.717) is 0 Å². The van der Waals surface area contributed by atoms with Gasteiger partial charge in [0.1, 0.15) is 5.82 Å². The van der Waals surface area contributed by atoms with E-state index in [1.807, 2.05) is 0 Å². The Bertz CT molecular complexity index is 444. The van der Waals surface area contributed by atoms with E-state index in [1.165, 1.54) is 12.3 Å². The van der Waals surface area contributed by atoms with Gasteiger partial charge in [0.05, 0.1) is 5.75 Å². The van der Waals surface area contributed by atoms with Crippen LogP contribution in [0.4, 0.5) is 5.82 Å². The number of hydrogen-bond donors (Lipinski definition) is 2. The second kappa shape index (κ2) is 5.45. The van der Waals surface area contributed by atoms with Gasteiger partial charge in [0.15, 0.2) is 0 Å². The number of aromatic nitrogens is 1. The van der Waals surface area contributed by atoms with Crippen molar-refractivity contribution >= 4 is 21.8 Å². The first kappa shape index (κ1) is 12.4. The Hall–Kier alpha value is -1.63. The van der Waals surface area contributed by atoms with Gasteiger partial charge in [-0.25, -0.2) is 13.4 Å². The lowest BCUT2D eigenvalue weighted by Gasteiger charge is -2.05. The molecule has 0 saturated heterocycles. The summed E-state index contributed by atoms with van der Waals surface area (Å²) in [6, 6.07) is 4.85. The summed E-state index contributed by atoms with van der Waals surface area (Å²) in [5.74, 6) is -0.999. The second-order valence-electron chi connectivity index (χ2n) is 3.13. The molecule has 16 heavy (non-hydrogen) atoms. The third-order valence-electron chi connectivity index (χ3n) is 1.73. The number of rotatable bonds is 6. The summed E-state index contributed by atoms with van der Waals surface area (Å²) in [6.07, 6.45) is 1.38. The predicted octanol–water partition coefficient (Wildman–Crippen LogP) is 0.688. The minimum atomic E-state index is -3.51. The number of anilines is 1. The fourth-order valence-corrected chi connectivity index (χ4v) is 2.11. The molecule has 6 nitrogen and oxygen atoms in total. The fourth-order valence-electron chi connectivity index (χ4n) is 1.05. The average Bonchev–Trinajstić information content (AvgIpc) is 2.17. The van der Waals surface area contributed by atoms with Crippen molar-refractivity contribution in [3.63, 3.8) is 0 Å². The summed E-state index contributed by atoms with van der Waals surface area (Å²) < 4.78 is 25.1. The molecule has 0 fully saturated rings. The van der Waals surface area contributed by atoms with Crippen molar-refractivity contribution in [2.24, 2.45) is 0 Å². The summed E-state index contributed by atoms with van der Waals surface area (Å²) in [5.41, 5.74) is 0. The summed E-state index contributed by atoms with van der Waals surface area (Å²) in [5, 5.41) is 8.37. The number of nitrogens with zero attached hydrogens (tertiary/aromatic N) is 1. The molecule has 1 aromatic rings. The third-order valence-corrected chi connectivity index (χ3v) is 3.07. The van der Waals surface area contributed by atoms with Crippen molar-refractivity contribution in [1.29, 1.82) is 0 Å². The Labute approximate surface area is 93.4 Å². The van der Waals surface area contributed by atoms with Crippen LogP contribution in [-0.4, -0.2) is 30.2 Å². The molecule has 0 saturated carbocycles. The molecule has 0 atom stereocenters. The molecule has 0 aromatic carbocycles. The summed E-state index contributed by atoms with van der Waals surface area (Å²) in [7, 11) is -3.51. The van der Waals surface area contributed by atoms with E-state index in [2.05, 4.69) is 9.71 Å². The largest absolute Gasteiger partial charge is 0.481 e. The number of hydrogen-bond acceptors (Lipinski definition) is 4. The van der Waals surface area contributed by atoms with E-state index in [0.717, 1.165) is 0 Å². The number of carbonyl (C=O) groups is 1. The number of aliphatic carboxylic acids is 1. The van der Waals surface area contributed by atoms with Gasteiger partial charge in [0, 0.05) is 12.6 Å². The molecule has 88 valence electrons. The minimum Gasteiger partial charge on any atom is -0.481 e.